The van der Waals surface area contributed by atoms with Gasteiger partial charge in [0.25, 0.3) is 0 Å². The average molecular weight is 243 g/mol. The second kappa shape index (κ2) is 6.36. The van der Waals surface area contributed by atoms with Crippen LogP contribution in [-0.2, 0) is 14.3 Å². The molecule has 1 heterocycles. The zero-order valence-corrected chi connectivity index (χ0v) is 11.6. The van der Waals surface area contributed by atoms with Gasteiger partial charge in [-0.3, -0.25) is 9.69 Å². The summed E-state index contributed by atoms with van der Waals surface area (Å²) >= 11 is 0. The number of rotatable bonds is 4. The van der Waals surface area contributed by atoms with E-state index in [0.29, 0.717) is 6.04 Å². The normalized spacial score (nSPS) is 29.7. The summed E-state index contributed by atoms with van der Waals surface area (Å²) in [5.41, 5.74) is 0. The second-order valence-corrected chi connectivity index (χ2v) is 4.96. The number of morpholine rings is 1. The molecule has 0 radical (unpaired) electrons. The number of methoxy groups -OCH3 is 1. The van der Waals surface area contributed by atoms with Gasteiger partial charge < -0.3 is 9.47 Å². The molecule has 0 aromatic rings. The lowest BCUT2D eigenvalue weighted by Gasteiger charge is -2.43. The van der Waals surface area contributed by atoms with Gasteiger partial charge in [0.1, 0.15) is 0 Å². The van der Waals surface area contributed by atoms with Crippen molar-refractivity contribution in [3.8, 4) is 0 Å². The van der Waals surface area contributed by atoms with Crippen molar-refractivity contribution in [3.63, 3.8) is 0 Å². The SMILES string of the molecule is CCC1COC(C)CN1C(C)C(C)C(=O)OC. The molecule has 0 aliphatic carbocycles. The quantitative estimate of drug-likeness (QED) is 0.704. The Bertz CT molecular complexity index is 257. The van der Waals surface area contributed by atoms with Crippen molar-refractivity contribution >= 4 is 5.97 Å². The van der Waals surface area contributed by atoms with E-state index in [1.165, 1.54) is 7.11 Å². The van der Waals surface area contributed by atoms with Crippen LogP contribution in [0.15, 0.2) is 0 Å². The Hall–Kier alpha value is -0.610. The van der Waals surface area contributed by atoms with Crippen LogP contribution >= 0.6 is 0 Å². The molecule has 4 unspecified atom stereocenters. The molecule has 0 N–H and O–H groups in total. The third kappa shape index (κ3) is 3.42. The predicted molar refractivity (Wildman–Crippen MR) is 66.8 cm³/mol. The van der Waals surface area contributed by atoms with Crippen LogP contribution in [0.25, 0.3) is 0 Å². The number of esters is 1. The van der Waals surface area contributed by atoms with Gasteiger partial charge in [-0.05, 0) is 20.3 Å². The number of hydrogen-bond acceptors (Lipinski definition) is 4. The molecule has 4 atom stereocenters. The van der Waals surface area contributed by atoms with E-state index in [1.54, 1.807) is 0 Å². The summed E-state index contributed by atoms with van der Waals surface area (Å²) in [7, 11) is 1.45. The van der Waals surface area contributed by atoms with Crippen LogP contribution < -0.4 is 0 Å². The van der Waals surface area contributed by atoms with E-state index in [2.05, 4.69) is 25.7 Å². The molecule has 0 bridgehead atoms. The fraction of sp³-hybridized carbons (Fsp3) is 0.923. The summed E-state index contributed by atoms with van der Waals surface area (Å²) in [6, 6.07) is 0.604. The molecule has 1 aliphatic heterocycles. The number of nitrogens with zero attached hydrogens (tertiary/aromatic N) is 1. The number of hydrogen-bond donors (Lipinski definition) is 0. The first-order valence-electron chi connectivity index (χ1n) is 6.46. The Kier molecular flexibility index (Phi) is 5.40. The highest BCUT2D eigenvalue weighted by molar-refractivity contribution is 5.72. The highest BCUT2D eigenvalue weighted by atomic mass is 16.5. The van der Waals surface area contributed by atoms with Gasteiger partial charge >= 0.3 is 5.97 Å². The van der Waals surface area contributed by atoms with Gasteiger partial charge in [-0.25, -0.2) is 0 Å². The van der Waals surface area contributed by atoms with E-state index in [-0.39, 0.29) is 24.0 Å². The lowest BCUT2D eigenvalue weighted by molar-refractivity contribution is -0.149. The molecule has 0 spiro atoms. The monoisotopic (exact) mass is 243 g/mol. The number of carbonyl (C=O) groups is 1. The van der Waals surface area contributed by atoms with Crippen LogP contribution in [0.4, 0.5) is 0 Å². The third-order valence-corrected chi connectivity index (χ3v) is 3.80. The van der Waals surface area contributed by atoms with Crippen molar-refractivity contribution in [1.29, 1.82) is 0 Å². The summed E-state index contributed by atoms with van der Waals surface area (Å²) in [6.45, 7) is 9.92. The van der Waals surface area contributed by atoms with E-state index in [0.717, 1.165) is 19.6 Å². The molecule has 1 saturated heterocycles. The van der Waals surface area contributed by atoms with Crippen molar-refractivity contribution < 1.29 is 14.3 Å². The molecule has 17 heavy (non-hydrogen) atoms. The molecule has 0 saturated carbocycles. The topological polar surface area (TPSA) is 38.8 Å². The van der Waals surface area contributed by atoms with Gasteiger partial charge in [-0.2, -0.15) is 0 Å². The molecule has 0 aromatic heterocycles. The smallest absolute Gasteiger partial charge is 0.309 e. The fourth-order valence-electron chi connectivity index (χ4n) is 2.39. The first-order chi connectivity index (χ1) is 8.01. The molecule has 0 aromatic carbocycles. The molecule has 1 fully saturated rings. The third-order valence-electron chi connectivity index (χ3n) is 3.80. The Morgan fingerprint density at radius 3 is 2.71 bits per heavy atom. The predicted octanol–water partition coefficient (Wildman–Crippen LogP) is 1.68. The molecule has 1 aliphatic rings. The second-order valence-electron chi connectivity index (χ2n) is 4.96. The van der Waals surface area contributed by atoms with E-state index < -0.39 is 0 Å². The first kappa shape index (κ1) is 14.5. The Labute approximate surface area is 104 Å². The van der Waals surface area contributed by atoms with Crippen LogP contribution in [0.2, 0.25) is 0 Å². The van der Waals surface area contributed by atoms with Crippen molar-refractivity contribution in [3.05, 3.63) is 0 Å². The fourth-order valence-corrected chi connectivity index (χ4v) is 2.39. The summed E-state index contributed by atoms with van der Waals surface area (Å²) in [6.07, 6.45) is 1.29. The van der Waals surface area contributed by atoms with Crippen molar-refractivity contribution in [2.75, 3.05) is 20.3 Å². The summed E-state index contributed by atoms with van der Waals surface area (Å²) < 4.78 is 10.5. The van der Waals surface area contributed by atoms with Crippen molar-refractivity contribution in [2.45, 2.75) is 52.3 Å². The van der Waals surface area contributed by atoms with E-state index in [9.17, 15) is 4.79 Å². The molecular weight excluding hydrogens is 218 g/mol. The molecule has 0 amide bonds. The van der Waals surface area contributed by atoms with Gasteiger partial charge in [0.05, 0.1) is 25.7 Å². The van der Waals surface area contributed by atoms with Crippen LogP contribution in [0, 0.1) is 5.92 Å². The van der Waals surface area contributed by atoms with Crippen molar-refractivity contribution in [1.82, 2.24) is 4.90 Å². The van der Waals surface area contributed by atoms with Crippen LogP contribution in [0.5, 0.6) is 0 Å². The minimum Gasteiger partial charge on any atom is -0.469 e. The highest BCUT2D eigenvalue weighted by Crippen LogP contribution is 2.22. The van der Waals surface area contributed by atoms with Gasteiger partial charge in [0, 0.05) is 18.6 Å². The number of carbonyl (C=O) groups excluding carboxylic acids is 1. The van der Waals surface area contributed by atoms with Gasteiger partial charge in [-0.15, -0.1) is 0 Å². The Morgan fingerprint density at radius 1 is 1.53 bits per heavy atom. The molecule has 4 heteroatoms. The van der Waals surface area contributed by atoms with E-state index in [1.807, 2.05) is 6.92 Å². The van der Waals surface area contributed by atoms with Crippen LogP contribution in [0.3, 0.4) is 0 Å². The summed E-state index contributed by atoms with van der Waals surface area (Å²) in [4.78, 5) is 14.0. The van der Waals surface area contributed by atoms with Crippen molar-refractivity contribution in [2.24, 2.45) is 5.92 Å². The lowest BCUT2D eigenvalue weighted by atomic mass is 9.98. The molecule has 100 valence electrons. The lowest BCUT2D eigenvalue weighted by Crippen LogP contribution is -2.54. The van der Waals surface area contributed by atoms with E-state index >= 15 is 0 Å². The minimum absolute atomic E-state index is 0.0978. The van der Waals surface area contributed by atoms with Crippen LogP contribution in [0.1, 0.15) is 34.1 Å². The van der Waals surface area contributed by atoms with Gasteiger partial charge in [0.15, 0.2) is 0 Å². The summed E-state index contributed by atoms with van der Waals surface area (Å²) in [5, 5.41) is 0. The molecule has 1 rings (SSSR count). The zero-order chi connectivity index (χ0) is 13.0. The van der Waals surface area contributed by atoms with E-state index in [4.69, 9.17) is 9.47 Å². The maximum absolute atomic E-state index is 11.6. The highest BCUT2D eigenvalue weighted by Gasteiger charge is 2.34. The first-order valence-corrected chi connectivity index (χ1v) is 6.46. The average Bonchev–Trinajstić information content (AvgIpc) is 2.35. The zero-order valence-electron chi connectivity index (χ0n) is 11.6. The maximum Gasteiger partial charge on any atom is 0.309 e. The molecular formula is C13H25NO3. The molecule has 4 nitrogen and oxygen atoms in total. The standard InChI is InChI=1S/C13H25NO3/c1-6-12-8-17-9(2)7-14(12)11(4)10(3)13(15)16-5/h9-12H,6-8H2,1-5H3. The Balaban J connectivity index is 2.69. The van der Waals surface area contributed by atoms with Gasteiger partial charge in [0.2, 0.25) is 0 Å². The maximum atomic E-state index is 11.6. The minimum atomic E-state index is -0.133. The largest absolute Gasteiger partial charge is 0.469 e. The van der Waals surface area contributed by atoms with Gasteiger partial charge in [-0.1, -0.05) is 13.8 Å². The Morgan fingerprint density at radius 2 is 2.18 bits per heavy atom. The number of ether oxygens (including phenoxy) is 2. The summed E-state index contributed by atoms with van der Waals surface area (Å²) in [5.74, 6) is -0.231. The van der Waals surface area contributed by atoms with Crippen LogP contribution in [-0.4, -0.2) is 49.3 Å².